The molecule has 0 fully saturated rings. The Labute approximate surface area is 220 Å². The highest BCUT2D eigenvalue weighted by molar-refractivity contribution is 5.96. The van der Waals surface area contributed by atoms with Gasteiger partial charge in [-0.05, 0) is 43.7 Å². The Balaban J connectivity index is 2.01. The summed E-state index contributed by atoms with van der Waals surface area (Å²) in [6.07, 6.45) is -3.91. The number of carbonyl (C=O) groups excluding carboxylic acids is 2. The molecule has 2 aromatic carbocycles. The van der Waals surface area contributed by atoms with E-state index in [4.69, 9.17) is 4.74 Å². The molecule has 39 heavy (non-hydrogen) atoms. The van der Waals surface area contributed by atoms with Crippen molar-refractivity contribution in [2.75, 3.05) is 17.3 Å². The van der Waals surface area contributed by atoms with Crippen molar-refractivity contribution in [3.05, 3.63) is 80.9 Å². The lowest BCUT2D eigenvalue weighted by atomic mass is 9.92. The van der Waals surface area contributed by atoms with Gasteiger partial charge in [0.2, 0.25) is 11.9 Å². The molecule has 0 aliphatic carbocycles. The smallest absolute Gasteiger partial charge is 0.416 e. The Hall–Kier alpha value is -4.86. The summed E-state index contributed by atoms with van der Waals surface area (Å²) in [6, 6.07) is 9.50. The fourth-order valence-corrected chi connectivity index (χ4v) is 4.49. The quantitative estimate of drug-likeness (QED) is 0.443. The molecule has 0 radical (unpaired) electrons. The largest absolute Gasteiger partial charge is 0.466 e. The van der Waals surface area contributed by atoms with Crippen LogP contribution in [0.1, 0.15) is 49.4 Å². The number of ether oxygens (including phenoxy) is 1. The van der Waals surface area contributed by atoms with E-state index in [1.807, 2.05) is 13.0 Å². The standard InChI is InChI=1S/C26H23F3N6O4/c1-4-6-20(36)31-19-11-15(13-30)9-10-18(19)22-21(23(37)39-3)14(2)34(24-32-33-25(38)35(22)24)17-8-5-7-16(12-17)26(27,28)29/h5,7-12,22H,4,6H2,1-3H3,(H,31,36)(H,33,38)/t22-/m1/s1. The molecule has 0 saturated carbocycles. The third kappa shape index (κ3) is 5.00. The van der Waals surface area contributed by atoms with Crippen molar-refractivity contribution >= 4 is 29.2 Å². The molecule has 0 unspecified atom stereocenters. The molecular formula is C26H23F3N6O4. The lowest BCUT2D eigenvalue weighted by Gasteiger charge is -2.36. The lowest BCUT2D eigenvalue weighted by Crippen LogP contribution is -2.38. The zero-order chi connectivity index (χ0) is 28.5. The van der Waals surface area contributed by atoms with Crippen molar-refractivity contribution in [2.45, 2.75) is 38.9 Å². The van der Waals surface area contributed by atoms with Crippen LogP contribution in [0.25, 0.3) is 0 Å². The Bertz CT molecular complexity index is 1580. The minimum absolute atomic E-state index is 0.00118. The molecule has 3 aromatic rings. The number of benzene rings is 2. The number of rotatable bonds is 6. The number of esters is 1. The van der Waals surface area contributed by atoms with E-state index in [9.17, 15) is 32.8 Å². The zero-order valence-corrected chi connectivity index (χ0v) is 21.1. The Kier molecular flexibility index (Phi) is 7.31. The van der Waals surface area contributed by atoms with Gasteiger partial charge in [-0.3, -0.25) is 9.69 Å². The van der Waals surface area contributed by atoms with Crippen LogP contribution in [0, 0.1) is 11.3 Å². The molecule has 1 aliphatic heterocycles. The van der Waals surface area contributed by atoms with Gasteiger partial charge in [-0.25, -0.2) is 19.3 Å². The topological polar surface area (TPSA) is 133 Å². The number of alkyl halides is 3. The van der Waals surface area contributed by atoms with Crippen LogP contribution in [0.3, 0.4) is 0 Å². The number of hydrogen-bond acceptors (Lipinski definition) is 7. The third-order valence-corrected chi connectivity index (χ3v) is 6.21. The van der Waals surface area contributed by atoms with Gasteiger partial charge >= 0.3 is 17.8 Å². The van der Waals surface area contributed by atoms with E-state index in [-0.39, 0.29) is 52.0 Å². The van der Waals surface area contributed by atoms with Gasteiger partial charge in [0.15, 0.2) is 0 Å². The first kappa shape index (κ1) is 27.2. The van der Waals surface area contributed by atoms with E-state index >= 15 is 0 Å². The number of nitrogens with zero attached hydrogens (tertiary/aromatic N) is 4. The first-order valence-corrected chi connectivity index (χ1v) is 11.8. The molecule has 1 atom stereocenters. The number of carbonyl (C=O) groups is 2. The number of nitrogens with one attached hydrogen (secondary N) is 2. The van der Waals surface area contributed by atoms with Gasteiger partial charge in [-0.2, -0.15) is 18.4 Å². The van der Waals surface area contributed by atoms with Crippen molar-refractivity contribution in [3.8, 4) is 6.07 Å². The van der Waals surface area contributed by atoms with Gasteiger partial charge in [0, 0.05) is 29.1 Å². The summed E-state index contributed by atoms with van der Waals surface area (Å²) < 4.78 is 46.6. The minimum atomic E-state index is -4.64. The molecule has 202 valence electrons. The second-order valence-corrected chi connectivity index (χ2v) is 8.69. The van der Waals surface area contributed by atoms with Gasteiger partial charge in [0.05, 0.1) is 29.9 Å². The highest BCUT2D eigenvalue weighted by Gasteiger charge is 2.41. The first-order valence-electron chi connectivity index (χ1n) is 11.8. The Morgan fingerprint density at radius 2 is 1.97 bits per heavy atom. The average Bonchev–Trinajstić information content (AvgIpc) is 3.28. The number of methoxy groups -OCH3 is 1. The van der Waals surface area contributed by atoms with Crippen LogP contribution in [0.2, 0.25) is 0 Å². The molecule has 2 N–H and O–H groups in total. The number of aromatic nitrogens is 3. The molecule has 4 rings (SSSR count). The molecule has 13 heteroatoms. The van der Waals surface area contributed by atoms with Crippen LogP contribution >= 0.6 is 0 Å². The summed E-state index contributed by atoms with van der Waals surface area (Å²) in [4.78, 5) is 40.0. The van der Waals surface area contributed by atoms with Gasteiger partial charge in [0.1, 0.15) is 6.04 Å². The van der Waals surface area contributed by atoms with Crippen molar-refractivity contribution in [1.29, 1.82) is 5.26 Å². The van der Waals surface area contributed by atoms with Crippen molar-refractivity contribution < 1.29 is 27.5 Å². The molecule has 1 amide bonds. The summed E-state index contributed by atoms with van der Waals surface area (Å²) in [5.41, 5.74) is -0.978. The number of nitriles is 1. The van der Waals surface area contributed by atoms with Crippen LogP contribution in [0.5, 0.6) is 0 Å². The predicted octanol–water partition coefficient (Wildman–Crippen LogP) is 4.39. The third-order valence-electron chi connectivity index (χ3n) is 6.21. The van der Waals surface area contributed by atoms with Crippen LogP contribution in [0.4, 0.5) is 30.5 Å². The van der Waals surface area contributed by atoms with E-state index in [0.717, 1.165) is 23.8 Å². The van der Waals surface area contributed by atoms with Gasteiger partial charge in [0.25, 0.3) is 0 Å². The molecule has 10 nitrogen and oxygen atoms in total. The molecular weight excluding hydrogens is 517 g/mol. The number of allylic oxidation sites excluding steroid dienone is 1. The summed E-state index contributed by atoms with van der Waals surface area (Å²) in [7, 11) is 1.13. The fraction of sp³-hybridized carbons (Fsp3) is 0.269. The predicted molar refractivity (Wildman–Crippen MR) is 134 cm³/mol. The monoisotopic (exact) mass is 540 g/mol. The summed E-state index contributed by atoms with van der Waals surface area (Å²) in [6.45, 7) is 3.30. The lowest BCUT2D eigenvalue weighted by molar-refractivity contribution is -0.138. The molecule has 1 aromatic heterocycles. The number of fused-ring (bicyclic) bond motifs is 1. The number of H-pyrrole nitrogens is 1. The summed E-state index contributed by atoms with van der Waals surface area (Å²) in [5, 5.41) is 18.5. The fourth-order valence-electron chi connectivity index (χ4n) is 4.49. The maximum atomic E-state index is 13.5. The average molecular weight is 541 g/mol. The molecule has 0 bridgehead atoms. The SMILES string of the molecule is CCCC(=O)Nc1cc(C#N)ccc1[C@@H]1C(C(=O)OC)=C(C)N(c2cccc(C(F)(F)F)c2)c2n[nH]c(=O)n21. The highest BCUT2D eigenvalue weighted by Crippen LogP contribution is 2.44. The normalized spacial score (nSPS) is 15.0. The number of anilines is 3. The van der Waals surface area contributed by atoms with E-state index in [2.05, 4.69) is 15.5 Å². The van der Waals surface area contributed by atoms with Crippen LogP contribution in [0.15, 0.2) is 58.5 Å². The Morgan fingerprint density at radius 1 is 1.23 bits per heavy atom. The van der Waals surface area contributed by atoms with E-state index in [0.29, 0.717) is 6.42 Å². The van der Waals surface area contributed by atoms with Crippen molar-refractivity contribution in [3.63, 3.8) is 0 Å². The van der Waals surface area contributed by atoms with E-state index < -0.39 is 29.4 Å². The molecule has 1 aliphatic rings. The molecule has 2 heterocycles. The van der Waals surface area contributed by atoms with Gasteiger partial charge in [-0.15, -0.1) is 5.10 Å². The zero-order valence-electron chi connectivity index (χ0n) is 21.1. The van der Waals surface area contributed by atoms with Crippen molar-refractivity contribution in [2.24, 2.45) is 0 Å². The maximum absolute atomic E-state index is 13.5. The highest BCUT2D eigenvalue weighted by atomic mass is 19.4. The van der Waals surface area contributed by atoms with Crippen molar-refractivity contribution in [1.82, 2.24) is 14.8 Å². The number of aromatic amines is 1. The summed E-state index contributed by atoms with van der Waals surface area (Å²) in [5.74, 6) is -1.30. The first-order chi connectivity index (χ1) is 18.5. The van der Waals surface area contributed by atoms with Crippen LogP contribution in [-0.2, 0) is 20.5 Å². The summed E-state index contributed by atoms with van der Waals surface area (Å²) >= 11 is 0. The number of amides is 1. The van der Waals surface area contributed by atoms with Gasteiger partial charge < -0.3 is 10.1 Å². The van der Waals surface area contributed by atoms with Crippen LogP contribution in [-0.4, -0.2) is 33.8 Å². The minimum Gasteiger partial charge on any atom is -0.466 e. The van der Waals surface area contributed by atoms with E-state index in [1.165, 1.54) is 42.2 Å². The van der Waals surface area contributed by atoms with Crippen LogP contribution < -0.4 is 15.9 Å². The van der Waals surface area contributed by atoms with E-state index in [1.54, 1.807) is 0 Å². The second-order valence-electron chi connectivity index (χ2n) is 8.69. The maximum Gasteiger partial charge on any atom is 0.416 e. The number of hydrogen-bond donors (Lipinski definition) is 2. The molecule has 0 spiro atoms. The Morgan fingerprint density at radius 3 is 2.62 bits per heavy atom. The number of halogens is 3. The molecule has 0 saturated heterocycles. The second kappa shape index (κ2) is 10.5. The van der Waals surface area contributed by atoms with Gasteiger partial charge in [-0.1, -0.05) is 19.1 Å².